The lowest BCUT2D eigenvalue weighted by Gasteiger charge is -2.13. The first-order valence-corrected chi connectivity index (χ1v) is 5.18. The van der Waals surface area contributed by atoms with Crippen LogP contribution in [0.4, 0.5) is 0 Å². The van der Waals surface area contributed by atoms with Crippen molar-refractivity contribution in [1.29, 1.82) is 0 Å². The van der Waals surface area contributed by atoms with Crippen LogP contribution in [0.2, 0.25) is 10.0 Å². The maximum absolute atomic E-state index is 9.78. The number of ether oxygens (including phenoxy) is 1. The van der Waals surface area contributed by atoms with E-state index in [-0.39, 0.29) is 6.61 Å². The Morgan fingerprint density at radius 2 is 2.00 bits per heavy atom. The number of fused-ring (bicyclic) bond motifs is 1. The molecule has 1 atom stereocenters. The van der Waals surface area contributed by atoms with Crippen LogP contribution in [0.3, 0.4) is 0 Å². The number of hydrogen-bond acceptors (Lipinski definition) is 2. The van der Waals surface area contributed by atoms with Crippen LogP contribution in [0.25, 0.3) is 0 Å². The van der Waals surface area contributed by atoms with Crippen molar-refractivity contribution in [2.45, 2.75) is 12.5 Å². The molecule has 0 aliphatic carbocycles. The number of aliphatic hydroxyl groups excluding tert-OH is 1. The number of halogens is 2. The van der Waals surface area contributed by atoms with Gasteiger partial charge in [0.25, 0.3) is 0 Å². The molecule has 1 aliphatic rings. The van der Waals surface area contributed by atoms with E-state index in [1.807, 2.05) is 0 Å². The summed E-state index contributed by atoms with van der Waals surface area (Å²) in [4.78, 5) is 0. The lowest BCUT2D eigenvalue weighted by Crippen LogP contribution is -2.05. The third kappa shape index (κ3) is 1.75. The van der Waals surface area contributed by atoms with Crippen molar-refractivity contribution in [3.8, 4) is 0 Å². The second-order valence-electron chi connectivity index (χ2n) is 3.26. The maximum Gasteiger partial charge on any atom is 0.104 e. The summed E-state index contributed by atoms with van der Waals surface area (Å²) in [6.07, 6.45) is 0.0323. The molecule has 0 radical (unpaired) electrons. The van der Waals surface area contributed by atoms with Crippen LogP contribution in [0.5, 0.6) is 0 Å². The highest BCUT2D eigenvalue weighted by molar-refractivity contribution is 6.34. The highest BCUT2D eigenvalue weighted by Gasteiger charge is 2.21. The zero-order valence-corrected chi connectivity index (χ0v) is 8.98. The van der Waals surface area contributed by atoms with E-state index in [1.165, 1.54) is 0 Å². The van der Waals surface area contributed by atoms with E-state index in [9.17, 15) is 5.11 Å². The Morgan fingerprint density at radius 1 is 1.29 bits per heavy atom. The minimum Gasteiger partial charge on any atom is -0.386 e. The van der Waals surface area contributed by atoms with Gasteiger partial charge in [-0.2, -0.15) is 0 Å². The fourth-order valence-corrected chi connectivity index (χ4v) is 2.24. The minimum atomic E-state index is -0.668. The molecule has 0 spiro atoms. The van der Waals surface area contributed by atoms with Gasteiger partial charge in [-0.3, -0.25) is 0 Å². The Bertz CT molecular complexity index is 352. The predicted molar refractivity (Wildman–Crippen MR) is 55.9 cm³/mol. The Morgan fingerprint density at radius 3 is 2.79 bits per heavy atom. The topological polar surface area (TPSA) is 29.5 Å². The molecule has 1 aromatic carbocycles. The largest absolute Gasteiger partial charge is 0.386 e. The third-order valence-electron chi connectivity index (χ3n) is 2.35. The average Bonchev–Trinajstić information content (AvgIpc) is 2.35. The van der Waals surface area contributed by atoms with E-state index >= 15 is 0 Å². The Hall–Kier alpha value is -0.280. The fraction of sp³-hybridized carbons (Fsp3) is 0.400. The molecule has 0 amide bonds. The van der Waals surface area contributed by atoms with Crippen molar-refractivity contribution in [1.82, 2.24) is 0 Å². The maximum atomic E-state index is 9.78. The van der Waals surface area contributed by atoms with Crippen molar-refractivity contribution < 1.29 is 9.84 Å². The summed E-state index contributed by atoms with van der Waals surface area (Å²) in [6, 6.07) is 3.46. The molecule has 1 aromatic rings. The number of benzene rings is 1. The van der Waals surface area contributed by atoms with Gasteiger partial charge < -0.3 is 9.84 Å². The highest BCUT2D eigenvalue weighted by Crippen LogP contribution is 2.33. The van der Waals surface area contributed by atoms with Gasteiger partial charge in [0.1, 0.15) is 6.10 Å². The van der Waals surface area contributed by atoms with Gasteiger partial charge in [-0.05, 0) is 24.1 Å². The van der Waals surface area contributed by atoms with Crippen LogP contribution in [0.15, 0.2) is 12.1 Å². The molecule has 1 aliphatic heterocycles. The van der Waals surface area contributed by atoms with E-state index in [2.05, 4.69) is 0 Å². The minimum absolute atomic E-state index is 0.285. The molecule has 0 fully saturated rings. The number of rotatable bonds is 0. The molecule has 1 N–H and O–H groups in total. The summed E-state index contributed by atoms with van der Waals surface area (Å²) in [6.45, 7) is 0.858. The zero-order chi connectivity index (χ0) is 10.1. The molecule has 2 rings (SSSR count). The number of hydrogen-bond donors (Lipinski definition) is 1. The molecule has 4 heteroatoms. The molecule has 0 aromatic heterocycles. The SMILES string of the molecule is OC1COCCc2c(Cl)ccc(Cl)c21. The van der Waals surface area contributed by atoms with Gasteiger partial charge in [0.15, 0.2) is 0 Å². The van der Waals surface area contributed by atoms with Gasteiger partial charge in [0.05, 0.1) is 13.2 Å². The van der Waals surface area contributed by atoms with Crippen molar-refractivity contribution in [3.63, 3.8) is 0 Å². The monoisotopic (exact) mass is 232 g/mol. The van der Waals surface area contributed by atoms with E-state index in [4.69, 9.17) is 27.9 Å². The van der Waals surface area contributed by atoms with Crippen molar-refractivity contribution in [2.24, 2.45) is 0 Å². The standard InChI is InChI=1S/C10H10Cl2O2/c11-7-1-2-8(12)10-6(7)3-4-14-5-9(10)13/h1-2,9,13H,3-5H2. The summed E-state index contributed by atoms with van der Waals surface area (Å²) in [5, 5.41) is 11.0. The molecule has 1 heterocycles. The molecule has 2 nitrogen and oxygen atoms in total. The summed E-state index contributed by atoms with van der Waals surface area (Å²) in [7, 11) is 0. The van der Waals surface area contributed by atoms with E-state index in [1.54, 1.807) is 12.1 Å². The van der Waals surface area contributed by atoms with Crippen molar-refractivity contribution in [2.75, 3.05) is 13.2 Å². The molecule has 76 valence electrons. The quantitative estimate of drug-likeness (QED) is 0.746. The average molecular weight is 233 g/mol. The molecular weight excluding hydrogens is 223 g/mol. The van der Waals surface area contributed by atoms with Crippen LogP contribution in [0.1, 0.15) is 17.2 Å². The summed E-state index contributed by atoms with van der Waals surface area (Å²) < 4.78 is 5.23. The second-order valence-corrected chi connectivity index (χ2v) is 4.08. The lowest BCUT2D eigenvalue weighted by atomic mass is 10.0. The van der Waals surface area contributed by atoms with Gasteiger partial charge in [-0.25, -0.2) is 0 Å². The molecule has 0 saturated heterocycles. The van der Waals surface area contributed by atoms with Crippen LogP contribution in [-0.4, -0.2) is 18.3 Å². The Balaban J connectivity index is 2.57. The molecule has 0 saturated carbocycles. The third-order valence-corrected chi connectivity index (χ3v) is 3.04. The molecule has 0 bridgehead atoms. The summed E-state index contributed by atoms with van der Waals surface area (Å²) in [5.74, 6) is 0. The fourth-order valence-electron chi connectivity index (χ4n) is 1.68. The van der Waals surface area contributed by atoms with Crippen molar-refractivity contribution in [3.05, 3.63) is 33.3 Å². The highest BCUT2D eigenvalue weighted by atomic mass is 35.5. The first-order valence-electron chi connectivity index (χ1n) is 4.42. The molecule has 14 heavy (non-hydrogen) atoms. The number of aliphatic hydroxyl groups is 1. The van der Waals surface area contributed by atoms with Gasteiger partial charge in [-0.15, -0.1) is 0 Å². The first-order chi connectivity index (χ1) is 6.70. The van der Waals surface area contributed by atoms with Gasteiger partial charge in [0.2, 0.25) is 0 Å². The smallest absolute Gasteiger partial charge is 0.104 e. The molecule has 1 unspecified atom stereocenters. The first kappa shape index (κ1) is 10.2. The van der Waals surface area contributed by atoms with Gasteiger partial charge >= 0.3 is 0 Å². The normalized spacial score (nSPS) is 21.5. The van der Waals surface area contributed by atoms with Gasteiger partial charge in [0, 0.05) is 15.6 Å². The van der Waals surface area contributed by atoms with Crippen molar-refractivity contribution >= 4 is 23.2 Å². The lowest BCUT2D eigenvalue weighted by molar-refractivity contribution is 0.0452. The van der Waals surface area contributed by atoms with Crippen LogP contribution in [0, 0.1) is 0 Å². The van der Waals surface area contributed by atoms with Crippen LogP contribution in [-0.2, 0) is 11.2 Å². The second kappa shape index (κ2) is 4.07. The van der Waals surface area contributed by atoms with E-state index < -0.39 is 6.10 Å². The molecular formula is C10H10Cl2O2. The van der Waals surface area contributed by atoms with Crippen LogP contribution < -0.4 is 0 Å². The summed E-state index contributed by atoms with van der Waals surface area (Å²) in [5.41, 5.74) is 1.63. The van der Waals surface area contributed by atoms with E-state index in [0.29, 0.717) is 23.1 Å². The van der Waals surface area contributed by atoms with E-state index in [0.717, 1.165) is 11.1 Å². The van der Waals surface area contributed by atoms with Gasteiger partial charge in [-0.1, -0.05) is 23.2 Å². The summed E-state index contributed by atoms with van der Waals surface area (Å²) >= 11 is 12.0. The van der Waals surface area contributed by atoms with Crippen LogP contribution >= 0.6 is 23.2 Å². The zero-order valence-electron chi connectivity index (χ0n) is 7.46. The Labute approximate surface area is 92.4 Å². The predicted octanol–water partition coefficient (Wildman–Crippen LogP) is 2.60. The Kier molecular flexibility index (Phi) is 2.98.